The van der Waals surface area contributed by atoms with E-state index in [4.69, 9.17) is 10.5 Å². The maximum atomic E-state index is 5.97. The molecule has 0 aliphatic heterocycles. The zero-order valence-electron chi connectivity index (χ0n) is 11.8. The molecule has 0 saturated heterocycles. The van der Waals surface area contributed by atoms with Gasteiger partial charge in [-0.25, -0.2) is 4.98 Å². The predicted molar refractivity (Wildman–Crippen MR) is 84.0 cm³/mol. The third-order valence-electron chi connectivity index (χ3n) is 3.01. The molecule has 0 bridgehead atoms. The fourth-order valence-corrected chi connectivity index (χ4v) is 2.80. The maximum Gasteiger partial charge on any atom is 0.125 e. The second-order valence-electron chi connectivity index (χ2n) is 5.04. The Morgan fingerprint density at radius 1 is 1.45 bits per heavy atom. The van der Waals surface area contributed by atoms with E-state index in [-0.39, 0.29) is 6.04 Å². The molecule has 0 radical (unpaired) electrons. The Kier molecular flexibility index (Phi) is 5.20. The van der Waals surface area contributed by atoms with Crippen LogP contribution in [0.1, 0.15) is 18.1 Å². The van der Waals surface area contributed by atoms with E-state index in [1.165, 1.54) is 0 Å². The first-order chi connectivity index (χ1) is 9.56. The summed E-state index contributed by atoms with van der Waals surface area (Å²) in [6.45, 7) is 5.46. The van der Waals surface area contributed by atoms with Gasteiger partial charge in [0.2, 0.25) is 0 Å². The number of nitrogens with zero attached hydrogens (tertiary/aromatic N) is 2. The lowest BCUT2D eigenvalue weighted by atomic mass is 10.0. The van der Waals surface area contributed by atoms with Gasteiger partial charge in [0.05, 0.1) is 12.9 Å². The van der Waals surface area contributed by atoms with Crippen LogP contribution in [-0.2, 0) is 13.0 Å². The number of imidazole rings is 1. The Bertz CT molecular complexity index is 552. The van der Waals surface area contributed by atoms with Crippen molar-refractivity contribution < 1.29 is 4.74 Å². The van der Waals surface area contributed by atoms with Crippen molar-refractivity contribution in [2.45, 2.75) is 32.9 Å². The molecule has 0 spiro atoms. The van der Waals surface area contributed by atoms with Gasteiger partial charge < -0.3 is 15.0 Å². The number of hydrogen-bond donors (Lipinski definition) is 1. The third-order valence-corrected chi connectivity index (χ3v) is 3.47. The van der Waals surface area contributed by atoms with Gasteiger partial charge in [-0.2, -0.15) is 0 Å². The van der Waals surface area contributed by atoms with Crippen molar-refractivity contribution in [3.05, 3.63) is 46.5 Å². The number of aryl methyl sites for hydroxylation is 1. The molecule has 0 fully saturated rings. The fourth-order valence-electron chi connectivity index (χ4n) is 2.18. The molecule has 0 aliphatic carbocycles. The normalized spacial score (nSPS) is 12.4. The third kappa shape index (κ3) is 4.08. The highest BCUT2D eigenvalue weighted by Gasteiger charge is 2.11. The lowest BCUT2D eigenvalue weighted by Crippen LogP contribution is -2.19. The summed E-state index contributed by atoms with van der Waals surface area (Å²) in [5, 5.41) is 0. The van der Waals surface area contributed by atoms with E-state index in [0.29, 0.717) is 6.61 Å². The molecule has 0 amide bonds. The zero-order valence-corrected chi connectivity index (χ0v) is 13.4. The molecular formula is C15H20BrN3O. The molecule has 1 aromatic heterocycles. The Labute approximate surface area is 128 Å². The van der Waals surface area contributed by atoms with Crippen LogP contribution >= 0.6 is 15.9 Å². The Hall–Kier alpha value is -1.33. The first kappa shape index (κ1) is 15.1. The van der Waals surface area contributed by atoms with Gasteiger partial charge in [-0.3, -0.25) is 0 Å². The number of nitrogens with two attached hydrogens (primary N) is 1. The SMILES string of the molecule is Cc1cc(Br)cc(CC(C)N)c1OCCn1ccnc1. The summed E-state index contributed by atoms with van der Waals surface area (Å²) in [6, 6.07) is 4.26. The van der Waals surface area contributed by atoms with Crippen molar-refractivity contribution >= 4 is 15.9 Å². The molecule has 5 heteroatoms. The van der Waals surface area contributed by atoms with Crippen LogP contribution in [0.4, 0.5) is 0 Å². The van der Waals surface area contributed by atoms with Crippen LogP contribution in [-0.4, -0.2) is 22.2 Å². The molecule has 4 nitrogen and oxygen atoms in total. The number of aromatic nitrogens is 2. The number of benzene rings is 1. The molecular weight excluding hydrogens is 318 g/mol. The standard InChI is InChI=1S/C15H20BrN3O/c1-11-7-14(16)9-13(8-12(2)17)15(11)20-6-5-19-4-3-18-10-19/h3-4,7,9-10,12H,5-6,8,17H2,1-2H3. The second-order valence-corrected chi connectivity index (χ2v) is 5.96. The van der Waals surface area contributed by atoms with Gasteiger partial charge in [0.15, 0.2) is 0 Å². The van der Waals surface area contributed by atoms with Crippen molar-refractivity contribution in [1.29, 1.82) is 0 Å². The number of rotatable bonds is 6. The molecule has 1 aromatic carbocycles. The van der Waals surface area contributed by atoms with E-state index in [1.54, 1.807) is 12.5 Å². The van der Waals surface area contributed by atoms with E-state index in [1.807, 2.05) is 17.7 Å². The van der Waals surface area contributed by atoms with Gasteiger partial charge in [-0.05, 0) is 43.5 Å². The van der Waals surface area contributed by atoms with Crippen molar-refractivity contribution in [2.24, 2.45) is 5.73 Å². The van der Waals surface area contributed by atoms with Crippen LogP contribution in [0.5, 0.6) is 5.75 Å². The molecule has 0 saturated carbocycles. The van der Waals surface area contributed by atoms with E-state index in [2.05, 4.69) is 40.0 Å². The molecule has 1 heterocycles. The molecule has 20 heavy (non-hydrogen) atoms. The van der Waals surface area contributed by atoms with E-state index >= 15 is 0 Å². The first-order valence-corrected chi connectivity index (χ1v) is 7.48. The largest absolute Gasteiger partial charge is 0.491 e. The van der Waals surface area contributed by atoms with Gasteiger partial charge in [0.25, 0.3) is 0 Å². The highest BCUT2D eigenvalue weighted by Crippen LogP contribution is 2.29. The maximum absolute atomic E-state index is 5.97. The number of hydrogen-bond acceptors (Lipinski definition) is 3. The highest BCUT2D eigenvalue weighted by atomic mass is 79.9. The van der Waals surface area contributed by atoms with Crippen LogP contribution in [0.2, 0.25) is 0 Å². The summed E-state index contributed by atoms with van der Waals surface area (Å²) in [5.74, 6) is 0.950. The quantitative estimate of drug-likeness (QED) is 0.881. The number of halogens is 1. The molecule has 2 aromatic rings. The Balaban J connectivity index is 2.08. The van der Waals surface area contributed by atoms with Crippen LogP contribution in [0.15, 0.2) is 35.3 Å². The smallest absolute Gasteiger partial charge is 0.125 e. The summed E-state index contributed by atoms with van der Waals surface area (Å²) in [6.07, 6.45) is 6.30. The van der Waals surface area contributed by atoms with Gasteiger partial charge in [-0.15, -0.1) is 0 Å². The van der Waals surface area contributed by atoms with Gasteiger partial charge in [-0.1, -0.05) is 15.9 Å². The average Bonchev–Trinajstić information content (AvgIpc) is 2.84. The zero-order chi connectivity index (χ0) is 14.5. The van der Waals surface area contributed by atoms with Crippen molar-refractivity contribution in [3.8, 4) is 5.75 Å². The molecule has 1 unspecified atom stereocenters. The van der Waals surface area contributed by atoms with Crippen molar-refractivity contribution in [3.63, 3.8) is 0 Å². The van der Waals surface area contributed by atoms with Crippen LogP contribution < -0.4 is 10.5 Å². The summed E-state index contributed by atoms with van der Waals surface area (Å²) in [5.41, 5.74) is 8.19. The summed E-state index contributed by atoms with van der Waals surface area (Å²) < 4.78 is 9.03. The van der Waals surface area contributed by atoms with E-state index in [9.17, 15) is 0 Å². The monoisotopic (exact) mass is 337 g/mol. The topological polar surface area (TPSA) is 53.1 Å². The highest BCUT2D eigenvalue weighted by molar-refractivity contribution is 9.10. The van der Waals surface area contributed by atoms with E-state index < -0.39 is 0 Å². The lowest BCUT2D eigenvalue weighted by Gasteiger charge is -2.16. The second kappa shape index (κ2) is 6.90. The van der Waals surface area contributed by atoms with Crippen LogP contribution in [0.25, 0.3) is 0 Å². The van der Waals surface area contributed by atoms with Gasteiger partial charge >= 0.3 is 0 Å². The fraction of sp³-hybridized carbons (Fsp3) is 0.400. The average molecular weight is 338 g/mol. The summed E-state index contributed by atoms with van der Waals surface area (Å²) in [4.78, 5) is 4.02. The van der Waals surface area contributed by atoms with Crippen molar-refractivity contribution in [1.82, 2.24) is 9.55 Å². The minimum absolute atomic E-state index is 0.111. The van der Waals surface area contributed by atoms with Crippen molar-refractivity contribution in [2.75, 3.05) is 6.61 Å². The molecule has 0 aliphatic rings. The van der Waals surface area contributed by atoms with Crippen LogP contribution in [0.3, 0.4) is 0 Å². The molecule has 108 valence electrons. The first-order valence-electron chi connectivity index (χ1n) is 6.69. The summed E-state index contributed by atoms with van der Waals surface area (Å²) in [7, 11) is 0. The number of ether oxygens (including phenoxy) is 1. The minimum Gasteiger partial charge on any atom is -0.491 e. The molecule has 1 atom stereocenters. The van der Waals surface area contributed by atoms with E-state index in [0.717, 1.165) is 34.3 Å². The predicted octanol–water partition coefficient (Wildman–Crippen LogP) is 2.92. The Morgan fingerprint density at radius 3 is 2.90 bits per heavy atom. The minimum atomic E-state index is 0.111. The van der Waals surface area contributed by atoms with Gasteiger partial charge in [0, 0.05) is 22.9 Å². The van der Waals surface area contributed by atoms with Crippen LogP contribution in [0, 0.1) is 6.92 Å². The lowest BCUT2D eigenvalue weighted by molar-refractivity contribution is 0.293. The molecule has 2 N–H and O–H groups in total. The van der Waals surface area contributed by atoms with Gasteiger partial charge in [0.1, 0.15) is 12.4 Å². The molecule has 2 rings (SSSR count). The summed E-state index contributed by atoms with van der Waals surface area (Å²) >= 11 is 3.53. The Morgan fingerprint density at radius 2 is 2.25 bits per heavy atom.